The predicted molar refractivity (Wildman–Crippen MR) is 53.8 cm³/mol. The first kappa shape index (κ1) is 9.79. The molecule has 15 heavy (non-hydrogen) atoms. The van der Waals surface area contributed by atoms with Crippen LogP contribution in [0.4, 0.5) is 0 Å². The van der Waals surface area contributed by atoms with Crippen LogP contribution in [-0.2, 0) is 13.1 Å². The number of rotatable bonds is 4. The van der Waals surface area contributed by atoms with Crippen molar-refractivity contribution in [2.45, 2.75) is 20.0 Å². The van der Waals surface area contributed by atoms with Crippen molar-refractivity contribution < 1.29 is 4.52 Å². The molecule has 0 aliphatic rings. The number of aromatic nitrogens is 3. The van der Waals surface area contributed by atoms with Crippen molar-refractivity contribution in [1.29, 1.82) is 0 Å². The number of aryl methyl sites for hydroxylation is 1. The van der Waals surface area contributed by atoms with Gasteiger partial charge in [0.25, 0.3) is 0 Å². The molecule has 0 bridgehead atoms. The topological polar surface area (TPSA) is 63.8 Å². The Morgan fingerprint density at radius 3 is 2.87 bits per heavy atom. The first-order valence-corrected chi connectivity index (χ1v) is 4.73. The van der Waals surface area contributed by atoms with E-state index in [2.05, 4.69) is 20.4 Å². The lowest BCUT2D eigenvalue weighted by Crippen LogP contribution is -2.14. The first-order valence-electron chi connectivity index (χ1n) is 4.73. The van der Waals surface area contributed by atoms with E-state index in [-0.39, 0.29) is 0 Å². The van der Waals surface area contributed by atoms with Crippen molar-refractivity contribution in [2.24, 2.45) is 0 Å². The van der Waals surface area contributed by atoms with Crippen molar-refractivity contribution in [3.63, 3.8) is 0 Å². The van der Waals surface area contributed by atoms with Gasteiger partial charge < -0.3 is 9.84 Å². The van der Waals surface area contributed by atoms with E-state index in [0.717, 1.165) is 17.2 Å². The predicted octanol–water partition coefficient (Wildman–Crippen LogP) is 1.06. The smallest absolute Gasteiger partial charge is 0.125 e. The van der Waals surface area contributed by atoms with Gasteiger partial charge in [-0.3, -0.25) is 0 Å². The van der Waals surface area contributed by atoms with Crippen LogP contribution in [0.3, 0.4) is 0 Å². The van der Waals surface area contributed by atoms with Crippen LogP contribution >= 0.6 is 0 Å². The second-order valence-corrected chi connectivity index (χ2v) is 3.19. The van der Waals surface area contributed by atoms with Crippen LogP contribution in [0.5, 0.6) is 0 Å². The first-order chi connectivity index (χ1) is 7.34. The van der Waals surface area contributed by atoms with Gasteiger partial charge in [-0.25, -0.2) is 9.97 Å². The van der Waals surface area contributed by atoms with Crippen LogP contribution in [-0.4, -0.2) is 15.1 Å². The molecular weight excluding hydrogens is 192 g/mol. The minimum absolute atomic E-state index is 0.680. The quantitative estimate of drug-likeness (QED) is 0.806. The fourth-order valence-corrected chi connectivity index (χ4v) is 1.25. The van der Waals surface area contributed by atoms with Crippen LogP contribution in [0, 0.1) is 6.92 Å². The Morgan fingerprint density at radius 1 is 1.27 bits per heavy atom. The molecule has 0 unspecified atom stereocenters. The Kier molecular flexibility index (Phi) is 3.04. The van der Waals surface area contributed by atoms with Crippen molar-refractivity contribution >= 4 is 0 Å². The molecule has 0 amide bonds. The Balaban J connectivity index is 1.83. The molecule has 2 aromatic heterocycles. The largest absolute Gasteiger partial charge is 0.364 e. The highest BCUT2D eigenvalue weighted by atomic mass is 16.5. The van der Waals surface area contributed by atoms with E-state index in [0.29, 0.717) is 13.1 Å². The van der Waals surface area contributed by atoms with Gasteiger partial charge in [-0.05, 0) is 13.0 Å². The van der Waals surface area contributed by atoms with Gasteiger partial charge in [-0.15, -0.1) is 0 Å². The maximum absolute atomic E-state index is 4.72. The molecule has 5 nitrogen and oxygen atoms in total. The van der Waals surface area contributed by atoms with Gasteiger partial charge in [-0.2, -0.15) is 0 Å². The summed E-state index contributed by atoms with van der Waals surface area (Å²) in [5.41, 5.74) is 1.87. The molecule has 2 aromatic rings. The van der Waals surface area contributed by atoms with E-state index in [1.807, 2.05) is 19.1 Å². The van der Waals surface area contributed by atoms with E-state index < -0.39 is 0 Å². The summed E-state index contributed by atoms with van der Waals surface area (Å²) >= 11 is 0. The lowest BCUT2D eigenvalue weighted by Gasteiger charge is -2.01. The number of nitrogens with one attached hydrogen (secondary N) is 1. The number of hydrogen-bond donors (Lipinski definition) is 1. The van der Waals surface area contributed by atoms with Gasteiger partial charge in [0.1, 0.15) is 12.1 Å². The number of hydrogen-bond acceptors (Lipinski definition) is 5. The van der Waals surface area contributed by atoms with Crippen LogP contribution in [0.1, 0.15) is 17.2 Å². The summed E-state index contributed by atoms with van der Waals surface area (Å²) in [5.74, 6) is 0.788. The van der Waals surface area contributed by atoms with Gasteiger partial charge in [0.05, 0.1) is 11.4 Å². The maximum atomic E-state index is 4.72. The SMILES string of the molecule is Cc1nccc(CNCc2ccon2)n1. The molecule has 78 valence electrons. The normalized spacial score (nSPS) is 10.5. The molecule has 0 saturated carbocycles. The fraction of sp³-hybridized carbons (Fsp3) is 0.300. The molecule has 1 N–H and O–H groups in total. The third kappa shape index (κ3) is 2.85. The second-order valence-electron chi connectivity index (χ2n) is 3.19. The third-order valence-corrected chi connectivity index (χ3v) is 1.94. The summed E-state index contributed by atoms with van der Waals surface area (Å²) in [5, 5.41) is 7.01. The summed E-state index contributed by atoms with van der Waals surface area (Å²) in [6, 6.07) is 3.72. The molecule has 0 atom stereocenters. The zero-order valence-corrected chi connectivity index (χ0v) is 8.47. The van der Waals surface area contributed by atoms with E-state index in [9.17, 15) is 0 Å². The van der Waals surface area contributed by atoms with Crippen molar-refractivity contribution in [3.8, 4) is 0 Å². The van der Waals surface area contributed by atoms with Gasteiger partial charge in [0.15, 0.2) is 0 Å². The Morgan fingerprint density at radius 2 is 2.13 bits per heavy atom. The molecule has 0 aliphatic carbocycles. The monoisotopic (exact) mass is 204 g/mol. The van der Waals surface area contributed by atoms with Crippen LogP contribution in [0.25, 0.3) is 0 Å². The Hall–Kier alpha value is -1.75. The Labute approximate surface area is 87.5 Å². The van der Waals surface area contributed by atoms with Crippen molar-refractivity contribution in [3.05, 3.63) is 41.8 Å². The maximum Gasteiger partial charge on any atom is 0.125 e. The molecule has 2 rings (SSSR count). The summed E-state index contributed by atoms with van der Waals surface area (Å²) in [6.45, 7) is 3.26. The third-order valence-electron chi connectivity index (χ3n) is 1.94. The van der Waals surface area contributed by atoms with Crippen LogP contribution < -0.4 is 5.32 Å². The fourth-order valence-electron chi connectivity index (χ4n) is 1.25. The summed E-state index contributed by atoms with van der Waals surface area (Å²) in [7, 11) is 0. The second kappa shape index (κ2) is 4.65. The van der Waals surface area contributed by atoms with Gasteiger partial charge >= 0.3 is 0 Å². The zero-order valence-electron chi connectivity index (χ0n) is 8.47. The van der Waals surface area contributed by atoms with Crippen LogP contribution in [0.15, 0.2) is 29.1 Å². The number of nitrogens with zero attached hydrogens (tertiary/aromatic N) is 3. The molecule has 2 heterocycles. The molecule has 0 aromatic carbocycles. The average molecular weight is 204 g/mol. The lowest BCUT2D eigenvalue weighted by atomic mass is 10.3. The van der Waals surface area contributed by atoms with E-state index in [1.54, 1.807) is 12.5 Å². The highest BCUT2D eigenvalue weighted by Gasteiger charge is 1.97. The minimum Gasteiger partial charge on any atom is -0.364 e. The van der Waals surface area contributed by atoms with E-state index >= 15 is 0 Å². The molecular formula is C10H12N4O. The van der Waals surface area contributed by atoms with E-state index in [1.165, 1.54) is 0 Å². The van der Waals surface area contributed by atoms with E-state index in [4.69, 9.17) is 4.52 Å². The van der Waals surface area contributed by atoms with Crippen molar-refractivity contribution in [1.82, 2.24) is 20.4 Å². The summed E-state index contributed by atoms with van der Waals surface area (Å²) < 4.78 is 4.72. The molecule has 0 spiro atoms. The minimum atomic E-state index is 0.680. The Bertz CT molecular complexity index is 413. The molecule has 5 heteroatoms. The van der Waals surface area contributed by atoms with Crippen molar-refractivity contribution in [2.75, 3.05) is 0 Å². The highest BCUT2D eigenvalue weighted by Crippen LogP contribution is 1.96. The van der Waals surface area contributed by atoms with Gasteiger partial charge in [0, 0.05) is 25.4 Å². The molecule has 0 saturated heterocycles. The van der Waals surface area contributed by atoms with Gasteiger partial charge in [0.2, 0.25) is 0 Å². The standard InChI is InChI=1S/C10H12N4O/c1-8-12-4-2-9(13-8)6-11-7-10-3-5-15-14-10/h2-5,11H,6-7H2,1H3. The average Bonchev–Trinajstić information content (AvgIpc) is 2.71. The highest BCUT2D eigenvalue weighted by molar-refractivity contribution is 5.02. The lowest BCUT2D eigenvalue weighted by molar-refractivity contribution is 0.408. The molecule has 0 radical (unpaired) electrons. The summed E-state index contributed by atoms with van der Waals surface area (Å²) in [4.78, 5) is 8.31. The molecule has 0 aliphatic heterocycles. The zero-order chi connectivity index (χ0) is 10.5. The molecule has 0 fully saturated rings. The summed E-state index contributed by atoms with van der Waals surface area (Å²) in [6.07, 6.45) is 3.32. The van der Waals surface area contributed by atoms with Crippen LogP contribution in [0.2, 0.25) is 0 Å². The van der Waals surface area contributed by atoms with Gasteiger partial charge in [-0.1, -0.05) is 5.16 Å².